The molecule has 0 saturated carbocycles. The van der Waals surface area contributed by atoms with E-state index in [0.29, 0.717) is 44.5 Å². The van der Waals surface area contributed by atoms with Crippen LogP contribution in [0.15, 0.2) is 28.7 Å². The number of nitrogens with one attached hydrogen (secondary N) is 1. The average molecular weight is 426 g/mol. The van der Waals surface area contributed by atoms with Crippen molar-refractivity contribution in [3.05, 3.63) is 34.3 Å². The van der Waals surface area contributed by atoms with Gasteiger partial charge in [0.05, 0.1) is 35.5 Å². The van der Waals surface area contributed by atoms with Gasteiger partial charge in [-0.1, -0.05) is 0 Å². The smallest absolute Gasteiger partial charge is 0.255 e. The van der Waals surface area contributed by atoms with Crippen molar-refractivity contribution < 1.29 is 28.5 Å². The quantitative estimate of drug-likeness (QED) is 0.727. The summed E-state index contributed by atoms with van der Waals surface area (Å²) in [6, 6.07) is 6.51. The Morgan fingerprint density at radius 1 is 0.769 bits per heavy atom. The molecule has 0 aliphatic heterocycles. The third kappa shape index (κ3) is 3.96. The van der Waals surface area contributed by atoms with Crippen molar-refractivity contribution in [2.24, 2.45) is 0 Å². The Hall–Kier alpha value is -2.61. The van der Waals surface area contributed by atoms with Crippen LogP contribution >= 0.6 is 15.9 Å². The molecule has 1 amide bonds. The zero-order valence-corrected chi connectivity index (χ0v) is 16.7. The summed E-state index contributed by atoms with van der Waals surface area (Å²) in [5.41, 5.74) is 0.862. The molecule has 7 nitrogen and oxygen atoms in total. The van der Waals surface area contributed by atoms with Gasteiger partial charge in [-0.25, -0.2) is 0 Å². The number of ether oxygens (including phenoxy) is 5. The molecular formula is C18H20BrNO6. The number of carbonyl (C=O) groups is 1. The third-order valence-electron chi connectivity index (χ3n) is 3.63. The predicted octanol–water partition coefficient (Wildman–Crippen LogP) is 3.74. The van der Waals surface area contributed by atoms with Crippen molar-refractivity contribution in [2.75, 3.05) is 40.9 Å². The van der Waals surface area contributed by atoms with Gasteiger partial charge in [-0.05, 0) is 28.1 Å². The number of rotatable bonds is 7. The molecule has 1 N–H and O–H groups in total. The summed E-state index contributed by atoms with van der Waals surface area (Å²) < 4.78 is 27.0. The molecule has 0 aliphatic rings. The standard InChI is InChI=1S/C18H20BrNO6/c1-22-12-6-10(7-13(23-2)16(12)19)18(21)20-11-8-14(24-3)17(26-5)15(9-11)25-4/h6-9H,1-5H3,(H,20,21). The number of benzene rings is 2. The molecule has 0 unspecified atom stereocenters. The second-order valence-electron chi connectivity index (χ2n) is 5.06. The Labute approximate surface area is 160 Å². The normalized spacial score (nSPS) is 10.1. The van der Waals surface area contributed by atoms with Crippen molar-refractivity contribution in [2.45, 2.75) is 0 Å². The Balaban J connectivity index is 2.38. The first kappa shape index (κ1) is 19.7. The fourth-order valence-corrected chi connectivity index (χ4v) is 2.91. The van der Waals surface area contributed by atoms with Crippen LogP contribution < -0.4 is 29.0 Å². The highest BCUT2D eigenvalue weighted by atomic mass is 79.9. The summed E-state index contributed by atoms with van der Waals surface area (Å²) in [7, 11) is 7.56. The molecule has 0 saturated heterocycles. The van der Waals surface area contributed by atoms with E-state index in [1.54, 1.807) is 24.3 Å². The van der Waals surface area contributed by atoms with Crippen LogP contribution in [-0.2, 0) is 0 Å². The topological polar surface area (TPSA) is 75.3 Å². The van der Waals surface area contributed by atoms with Gasteiger partial charge in [0.15, 0.2) is 11.5 Å². The van der Waals surface area contributed by atoms with E-state index in [0.717, 1.165) is 0 Å². The van der Waals surface area contributed by atoms with Crippen molar-refractivity contribution in [3.8, 4) is 28.7 Å². The van der Waals surface area contributed by atoms with E-state index >= 15 is 0 Å². The summed E-state index contributed by atoms with van der Waals surface area (Å²) in [5.74, 6) is 1.95. The van der Waals surface area contributed by atoms with Crippen molar-refractivity contribution in [1.29, 1.82) is 0 Å². The largest absolute Gasteiger partial charge is 0.495 e. The number of halogens is 1. The number of carbonyl (C=O) groups excluding carboxylic acids is 1. The van der Waals surface area contributed by atoms with Crippen molar-refractivity contribution in [1.82, 2.24) is 0 Å². The first-order valence-corrected chi connectivity index (χ1v) is 8.31. The monoisotopic (exact) mass is 425 g/mol. The summed E-state index contributed by atoms with van der Waals surface area (Å²) >= 11 is 3.38. The Morgan fingerprint density at radius 3 is 1.62 bits per heavy atom. The molecule has 0 aliphatic carbocycles. The molecule has 140 valence electrons. The van der Waals surface area contributed by atoms with E-state index < -0.39 is 0 Å². The molecular weight excluding hydrogens is 406 g/mol. The van der Waals surface area contributed by atoms with Crippen LogP contribution in [0.25, 0.3) is 0 Å². The van der Waals surface area contributed by atoms with Gasteiger partial charge in [0.1, 0.15) is 16.0 Å². The minimum atomic E-state index is -0.344. The molecule has 2 aromatic carbocycles. The second kappa shape index (κ2) is 8.66. The van der Waals surface area contributed by atoms with Crippen molar-refractivity contribution in [3.63, 3.8) is 0 Å². The maximum Gasteiger partial charge on any atom is 0.255 e. The lowest BCUT2D eigenvalue weighted by Gasteiger charge is -2.15. The molecule has 26 heavy (non-hydrogen) atoms. The summed E-state index contributed by atoms with van der Waals surface area (Å²) in [6.45, 7) is 0. The van der Waals surface area contributed by atoms with Gasteiger partial charge in [0.2, 0.25) is 5.75 Å². The molecule has 2 rings (SSSR count). The molecule has 0 bridgehead atoms. The van der Waals surface area contributed by atoms with Gasteiger partial charge in [-0.15, -0.1) is 0 Å². The van der Waals surface area contributed by atoms with Gasteiger partial charge in [0, 0.05) is 23.4 Å². The summed E-state index contributed by atoms with van der Waals surface area (Å²) in [5, 5.41) is 2.80. The molecule has 0 heterocycles. The lowest BCUT2D eigenvalue weighted by atomic mass is 10.1. The van der Waals surface area contributed by atoms with E-state index in [-0.39, 0.29) is 5.91 Å². The lowest BCUT2D eigenvalue weighted by Crippen LogP contribution is -2.13. The van der Waals surface area contributed by atoms with Gasteiger partial charge in [-0.2, -0.15) is 0 Å². The minimum absolute atomic E-state index is 0.344. The predicted molar refractivity (Wildman–Crippen MR) is 101 cm³/mol. The highest BCUT2D eigenvalue weighted by Crippen LogP contribution is 2.40. The lowest BCUT2D eigenvalue weighted by molar-refractivity contribution is 0.102. The molecule has 0 spiro atoms. The highest BCUT2D eigenvalue weighted by Gasteiger charge is 2.17. The van der Waals surface area contributed by atoms with Crippen LogP contribution in [0.3, 0.4) is 0 Å². The Kier molecular flexibility index (Phi) is 6.57. The summed E-state index contributed by atoms with van der Waals surface area (Å²) in [6.07, 6.45) is 0. The van der Waals surface area contributed by atoms with E-state index in [1.807, 2.05) is 0 Å². The molecule has 0 aromatic heterocycles. The highest BCUT2D eigenvalue weighted by molar-refractivity contribution is 9.10. The SMILES string of the molecule is COc1cc(C(=O)Nc2cc(OC)c(OC)c(OC)c2)cc(OC)c1Br. The van der Waals surface area contributed by atoms with Gasteiger partial charge in [-0.3, -0.25) is 4.79 Å². The van der Waals surface area contributed by atoms with E-state index in [2.05, 4.69) is 21.2 Å². The molecule has 2 aromatic rings. The number of anilines is 1. The Bertz CT molecular complexity index is 758. The van der Waals surface area contributed by atoms with Crippen molar-refractivity contribution >= 4 is 27.5 Å². The number of amides is 1. The minimum Gasteiger partial charge on any atom is -0.495 e. The second-order valence-corrected chi connectivity index (χ2v) is 5.86. The molecule has 0 atom stereocenters. The maximum atomic E-state index is 12.7. The van der Waals surface area contributed by atoms with Gasteiger partial charge < -0.3 is 29.0 Å². The van der Waals surface area contributed by atoms with Gasteiger partial charge in [0.25, 0.3) is 5.91 Å². The Morgan fingerprint density at radius 2 is 1.23 bits per heavy atom. The molecule has 0 fully saturated rings. The van der Waals surface area contributed by atoms with Crippen LogP contribution in [0.4, 0.5) is 5.69 Å². The average Bonchev–Trinajstić information content (AvgIpc) is 2.67. The van der Waals surface area contributed by atoms with Gasteiger partial charge >= 0.3 is 0 Å². The van der Waals surface area contributed by atoms with Crippen LogP contribution in [0.5, 0.6) is 28.7 Å². The van der Waals surface area contributed by atoms with Crippen LogP contribution in [0.2, 0.25) is 0 Å². The number of hydrogen-bond donors (Lipinski definition) is 1. The number of methoxy groups -OCH3 is 5. The fraction of sp³-hybridized carbons (Fsp3) is 0.278. The van der Waals surface area contributed by atoms with E-state index in [4.69, 9.17) is 23.7 Å². The maximum absolute atomic E-state index is 12.7. The fourth-order valence-electron chi connectivity index (χ4n) is 2.36. The van der Waals surface area contributed by atoms with E-state index in [1.165, 1.54) is 35.5 Å². The summed E-state index contributed by atoms with van der Waals surface area (Å²) in [4.78, 5) is 12.7. The first-order chi connectivity index (χ1) is 12.5. The first-order valence-electron chi connectivity index (χ1n) is 7.51. The molecule has 0 radical (unpaired) electrons. The zero-order chi connectivity index (χ0) is 19.3. The van der Waals surface area contributed by atoms with Crippen LogP contribution in [0.1, 0.15) is 10.4 Å². The molecule has 8 heteroatoms. The van der Waals surface area contributed by atoms with Crippen LogP contribution in [-0.4, -0.2) is 41.5 Å². The zero-order valence-electron chi connectivity index (χ0n) is 15.1. The number of hydrogen-bond acceptors (Lipinski definition) is 6. The third-order valence-corrected chi connectivity index (χ3v) is 4.41. The van der Waals surface area contributed by atoms with Crippen LogP contribution in [0, 0.1) is 0 Å². The van der Waals surface area contributed by atoms with E-state index in [9.17, 15) is 4.79 Å².